The average Bonchev–Trinajstić information content (AvgIpc) is 2.53. The number of nitrogens with one attached hydrogen (secondary N) is 1. The smallest absolute Gasteiger partial charge is 0.0195 e. The SMILES string of the molecule is CCN(CC1CCCCCN1)C(C)CN(C)C. The molecule has 0 amide bonds. The molecular weight excluding hydrogens is 210 g/mol. The Hall–Kier alpha value is -0.120. The third-order valence-electron chi connectivity index (χ3n) is 3.78. The Morgan fingerprint density at radius 2 is 2.00 bits per heavy atom. The lowest BCUT2D eigenvalue weighted by atomic mass is 10.1. The maximum atomic E-state index is 3.70. The van der Waals surface area contributed by atoms with Crippen LogP contribution in [0.3, 0.4) is 0 Å². The van der Waals surface area contributed by atoms with Crippen molar-refractivity contribution in [3.05, 3.63) is 0 Å². The van der Waals surface area contributed by atoms with Gasteiger partial charge in [0.05, 0.1) is 0 Å². The molecule has 1 saturated heterocycles. The molecule has 2 atom stereocenters. The van der Waals surface area contributed by atoms with Crippen LogP contribution in [-0.2, 0) is 0 Å². The summed E-state index contributed by atoms with van der Waals surface area (Å²) in [4.78, 5) is 4.90. The van der Waals surface area contributed by atoms with Gasteiger partial charge >= 0.3 is 0 Å². The van der Waals surface area contributed by atoms with Crippen LogP contribution >= 0.6 is 0 Å². The zero-order valence-corrected chi connectivity index (χ0v) is 12.2. The summed E-state index contributed by atoms with van der Waals surface area (Å²) in [7, 11) is 4.32. The molecule has 0 radical (unpaired) electrons. The van der Waals surface area contributed by atoms with E-state index in [-0.39, 0.29) is 0 Å². The maximum absolute atomic E-state index is 3.70. The van der Waals surface area contributed by atoms with E-state index >= 15 is 0 Å². The fraction of sp³-hybridized carbons (Fsp3) is 1.00. The second-order valence-corrected chi connectivity index (χ2v) is 5.70. The third kappa shape index (κ3) is 5.84. The first-order chi connectivity index (χ1) is 8.13. The summed E-state index contributed by atoms with van der Waals surface area (Å²) in [6.07, 6.45) is 5.52. The molecular formula is C14H31N3. The van der Waals surface area contributed by atoms with Crippen LogP contribution in [0.1, 0.15) is 39.5 Å². The van der Waals surface area contributed by atoms with Crippen molar-refractivity contribution < 1.29 is 0 Å². The van der Waals surface area contributed by atoms with Gasteiger partial charge in [-0.3, -0.25) is 4.90 Å². The van der Waals surface area contributed by atoms with Crippen LogP contribution in [0.5, 0.6) is 0 Å². The van der Waals surface area contributed by atoms with Crippen LogP contribution in [0.25, 0.3) is 0 Å². The second-order valence-electron chi connectivity index (χ2n) is 5.70. The molecule has 0 bridgehead atoms. The molecule has 0 spiro atoms. The van der Waals surface area contributed by atoms with Gasteiger partial charge in [-0.15, -0.1) is 0 Å². The van der Waals surface area contributed by atoms with E-state index in [0.29, 0.717) is 12.1 Å². The topological polar surface area (TPSA) is 18.5 Å². The first-order valence-corrected chi connectivity index (χ1v) is 7.25. The number of nitrogens with zero attached hydrogens (tertiary/aromatic N) is 2. The van der Waals surface area contributed by atoms with E-state index in [0.717, 1.165) is 13.1 Å². The molecule has 1 aliphatic heterocycles. The van der Waals surface area contributed by atoms with Gasteiger partial charge in [0, 0.05) is 25.2 Å². The summed E-state index contributed by atoms with van der Waals surface area (Å²) in [6.45, 7) is 9.37. The Morgan fingerprint density at radius 3 is 2.65 bits per heavy atom. The van der Waals surface area contributed by atoms with Gasteiger partial charge in [-0.05, 0) is 47.0 Å². The van der Waals surface area contributed by atoms with Gasteiger partial charge in [-0.2, -0.15) is 0 Å². The summed E-state index contributed by atoms with van der Waals surface area (Å²) >= 11 is 0. The summed E-state index contributed by atoms with van der Waals surface area (Å²) in [6, 6.07) is 1.36. The molecule has 102 valence electrons. The molecule has 3 heteroatoms. The van der Waals surface area contributed by atoms with Crippen molar-refractivity contribution in [2.24, 2.45) is 0 Å². The van der Waals surface area contributed by atoms with E-state index < -0.39 is 0 Å². The first kappa shape index (κ1) is 14.9. The minimum atomic E-state index is 0.653. The van der Waals surface area contributed by atoms with Crippen LogP contribution in [0.4, 0.5) is 0 Å². The van der Waals surface area contributed by atoms with E-state index in [9.17, 15) is 0 Å². The van der Waals surface area contributed by atoms with E-state index in [1.165, 1.54) is 38.8 Å². The van der Waals surface area contributed by atoms with Crippen molar-refractivity contribution in [2.75, 3.05) is 40.3 Å². The van der Waals surface area contributed by atoms with Gasteiger partial charge in [-0.1, -0.05) is 19.8 Å². The number of hydrogen-bond donors (Lipinski definition) is 1. The molecule has 17 heavy (non-hydrogen) atoms. The van der Waals surface area contributed by atoms with Crippen molar-refractivity contribution >= 4 is 0 Å². The molecule has 3 nitrogen and oxygen atoms in total. The van der Waals surface area contributed by atoms with E-state index in [1.807, 2.05) is 0 Å². The Kier molecular flexibility index (Phi) is 7.09. The lowest BCUT2D eigenvalue weighted by Gasteiger charge is -2.33. The molecule has 0 saturated carbocycles. The van der Waals surface area contributed by atoms with Crippen molar-refractivity contribution in [3.8, 4) is 0 Å². The van der Waals surface area contributed by atoms with Gasteiger partial charge in [0.1, 0.15) is 0 Å². The standard InChI is InChI=1S/C14H31N3/c1-5-17(13(2)11-16(3)4)12-14-9-7-6-8-10-15-14/h13-15H,5-12H2,1-4H3. The highest BCUT2D eigenvalue weighted by atomic mass is 15.2. The minimum Gasteiger partial charge on any atom is -0.313 e. The van der Waals surface area contributed by atoms with Crippen LogP contribution in [-0.4, -0.2) is 62.2 Å². The van der Waals surface area contributed by atoms with Gasteiger partial charge in [-0.25, -0.2) is 0 Å². The Morgan fingerprint density at radius 1 is 1.24 bits per heavy atom. The molecule has 1 aliphatic rings. The van der Waals surface area contributed by atoms with Gasteiger partial charge in [0.25, 0.3) is 0 Å². The minimum absolute atomic E-state index is 0.653. The molecule has 0 aromatic rings. The highest BCUT2D eigenvalue weighted by molar-refractivity contribution is 4.78. The number of hydrogen-bond acceptors (Lipinski definition) is 3. The van der Waals surface area contributed by atoms with Crippen LogP contribution in [0.15, 0.2) is 0 Å². The first-order valence-electron chi connectivity index (χ1n) is 7.25. The molecule has 1 N–H and O–H groups in total. The molecule has 1 rings (SSSR count). The fourth-order valence-corrected chi connectivity index (χ4v) is 2.80. The van der Waals surface area contributed by atoms with E-state index in [4.69, 9.17) is 0 Å². The zero-order valence-electron chi connectivity index (χ0n) is 12.2. The second kappa shape index (κ2) is 8.06. The monoisotopic (exact) mass is 241 g/mol. The van der Waals surface area contributed by atoms with Crippen molar-refractivity contribution in [1.82, 2.24) is 15.1 Å². The number of rotatable bonds is 6. The van der Waals surface area contributed by atoms with Crippen LogP contribution in [0, 0.1) is 0 Å². The largest absolute Gasteiger partial charge is 0.313 e. The van der Waals surface area contributed by atoms with Gasteiger partial charge in [0.15, 0.2) is 0 Å². The van der Waals surface area contributed by atoms with E-state index in [1.54, 1.807) is 0 Å². The predicted octanol–water partition coefficient (Wildman–Crippen LogP) is 1.79. The van der Waals surface area contributed by atoms with Crippen LogP contribution < -0.4 is 5.32 Å². The average molecular weight is 241 g/mol. The highest BCUT2D eigenvalue weighted by Crippen LogP contribution is 2.11. The summed E-state index contributed by atoms with van der Waals surface area (Å²) in [5.74, 6) is 0. The fourth-order valence-electron chi connectivity index (χ4n) is 2.80. The highest BCUT2D eigenvalue weighted by Gasteiger charge is 2.18. The normalized spacial score (nSPS) is 24.0. The zero-order chi connectivity index (χ0) is 12.7. The molecule has 2 unspecified atom stereocenters. The maximum Gasteiger partial charge on any atom is 0.0195 e. The lowest BCUT2D eigenvalue weighted by Crippen LogP contribution is -2.47. The van der Waals surface area contributed by atoms with Crippen LogP contribution in [0.2, 0.25) is 0 Å². The summed E-state index contributed by atoms with van der Waals surface area (Å²) < 4.78 is 0. The lowest BCUT2D eigenvalue weighted by molar-refractivity contribution is 0.163. The van der Waals surface area contributed by atoms with Gasteiger partial charge in [0.2, 0.25) is 0 Å². The number of likely N-dealkylation sites (N-methyl/N-ethyl adjacent to an activating group) is 2. The van der Waals surface area contributed by atoms with Gasteiger partial charge < -0.3 is 10.2 Å². The summed E-state index contributed by atoms with van der Waals surface area (Å²) in [5, 5.41) is 3.70. The van der Waals surface area contributed by atoms with Crippen molar-refractivity contribution in [3.63, 3.8) is 0 Å². The molecule has 0 aromatic heterocycles. The van der Waals surface area contributed by atoms with Crippen molar-refractivity contribution in [1.29, 1.82) is 0 Å². The van der Waals surface area contributed by atoms with E-state index in [2.05, 4.69) is 43.1 Å². The Labute approximate surface area is 108 Å². The molecule has 1 fully saturated rings. The predicted molar refractivity (Wildman–Crippen MR) is 75.5 cm³/mol. The Bertz CT molecular complexity index is 186. The Balaban J connectivity index is 2.38. The molecule has 0 aromatic carbocycles. The quantitative estimate of drug-likeness (QED) is 0.765. The van der Waals surface area contributed by atoms with Crippen molar-refractivity contribution in [2.45, 2.75) is 51.6 Å². The third-order valence-corrected chi connectivity index (χ3v) is 3.78. The molecule has 0 aliphatic carbocycles. The summed E-state index contributed by atoms with van der Waals surface area (Å²) in [5.41, 5.74) is 0. The molecule has 1 heterocycles.